The monoisotopic (exact) mass is 246 g/mol. The van der Waals surface area contributed by atoms with E-state index in [9.17, 15) is 9.90 Å². The minimum absolute atomic E-state index is 0.171. The third-order valence-corrected chi connectivity index (χ3v) is 2.55. The van der Waals surface area contributed by atoms with Crippen molar-refractivity contribution in [2.45, 2.75) is 12.5 Å². The second kappa shape index (κ2) is 5.97. The SMILES string of the molecule is O=C(NCCC(O)c1ccccc1)c1ccno1. The number of carbonyl (C=O) groups is 1. The number of aliphatic hydroxyl groups is 1. The van der Waals surface area contributed by atoms with Crippen LogP contribution in [-0.2, 0) is 0 Å². The van der Waals surface area contributed by atoms with Crippen molar-refractivity contribution in [3.63, 3.8) is 0 Å². The number of benzene rings is 1. The van der Waals surface area contributed by atoms with Crippen molar-refractivity contribution in [3.05, 3.63) is 53.9 Å². The lowest BCUT2D eigenvalue weighted by molar-refractivity contribution is 0.0906. The average Bonchev–Trinajstić information content (AvgIpc) is 2.93. The molecule has 0 spiro atoms. The van der Waals surface area contributed by atoms with Crippen molar-refractivity contribution in [1.82, 2.24) is 10.5 Å². The fraction of sp³-hybridized carbons (Fsp3) is 0.231. The summed E-state index contributed by atoms with van der Waals surface area (Å²) < 4.78 is 4.71. The molecule has 0 saturated carbocycles. The van der Waals surface area contributed by atoms with E-state index < -0.39 is 6.10 Å². The number of aliphatic hydroxyl groups excluding tert-OH is 1. The average molecular weight is 246 g/mol. The van der Waals surface area contributed by atoms with Gasteiger partial charge in [0.1, 0.15) is 0 Å². The van der Waals surface area contributed by atoms with Crippen molar-refractivity contribution in [2.75, 3.05) is 6.54 Å². The van der Waals surface area contributed by atoms with Gasteiger partial charge in [0.15, 0.2) is 0 Å². The van der Waals surface area contributed by atoms with Crippen molar-refractivity contribution >= 4 is 5.91 Å². The van der Waals surface area contributed by atoms with Crippen molar-refractivity contribution < 1.29 is 14.4 Å². The predicted octanol–water partition coefficient (Wildman–Crippen LogP) is 1.53. The van der Waals surface area contributed by atoms with Gasteiger partial charge in [-0.1, -0.05) is 35.5 Å². The van der Waals surface area contributed by atoms with E-state index in [0.717, 1.165) is 5.56 Å². The van der Waals surface area contributed by atoms with E-state index in [2.05, 4.69) is 10.5 Å². The molecular formula is C13H14N2O3. The largest absolute Gasteiger partial charge is 0.388 e. The van der Waals surface area contributed by atoms with Crippen molar-refractivity contribution in [3.8, 4) is 0 Å². The number of hydrogen-bond donors (Lipinski definition) is 2. The quantitative estimate of drug-likeness (QED) is 0.838. The van der Waals surface area contributed by atoms with Crippen LogP contribution in [0.4, 0.5) is 0 Å². The first-order valence-corrected chi connectivity index (χ1v) is 5.69. The van der Waals surface area contributed by atoms with Crippen LogP contribution in [0.1, 0.15) is 28.6 Å². The summed E-state index contributed by atoms with van der Waals surface area (Å²) in [6.07, 6.45) is 1.28. The van der Waals surface area contributed by atoms with Gasteiger partial charge in [-0.05, 0) is 12.0 Å². The van der Waals surface area contributed by atoms with Crippen LogP contribution in [0.25, 0.3) is 0 Å². The molecule has 2 aromatic rings. The minimum Gasteiger partial charge on any atom is -0.388 e. The maximum atomic E-state index is 11.5. The predicted molar refractivity (Wildman–Crippen MR) is 64.9 cm³/mol. The van der Waals surface area contributed by atoms with Gasteiger partial charge in [-0.2, -0.15) is 0 Å². The molecule has 0 aliphatic heterocycles. The highest BCUT2D eigenvalue weighted by molar-refractivity contribution is 5.91. The molecule has 1 heterocycles. The van der Waals surface area contributed by atoms with Crippen LogP contribution in [0.2, 0.25) is 0 Å². The smallest absolute Gasteiger partial charge is 0.289 e. The Bertz CT molecular complexity index is 482. The van der Waals surface area contributed by atoms with E-state index in [1.165, 1.54) is 12.3 Å². The lowest BCUT2D eigenvalue weighted by atomic mass is 10.1. The first-order valence-electron chi connectivity index (χ1n) is 5.69. The van der Waals surface area contributed by atoms with Gasteiger partial charge in [0, 0.05) is 12.6 Å². The Labute approximate surface area is 104 Å². The highest BCUT2D eigenvalue weighted by Crippen LogP contribution is 2.14. The van der Waals surface area contributed by atoms with Gasteiger partial charge >= 0.3 is 0 Å². The first kappa shape index (κ1) is 12.3. The molecule has 5 heteroatoms. The fourth-order valence-corrected chi connectivity index (χ4v) is 1.58. The summed E-state index contributed by atoms with van der Waals surface area (Å²) in [5.41, 5.74) is 0.839. The Balaban J connectivity index is 1.77. The number of aromatic nitrogens is 1. The summed E-state index contributed by atoms with van der Waals surface area (Å²) in [7, 11) is 0. The van der Waals surface area contributed by atoms with E-state index in [1.807, 2.05) is 30.3 Å². The minimum atomic E-state index is -0.582. The van der Waals surface area contributed by atoms with E-state index in [-0.39, 0.29) is 11.7 Å². The molecule has 18 heavy (non-hydrogen) atoms. The van der Waals surface area contributed by atoms with E-state index in [1.54, 1.807) is 0 Å². The summed E-state index contributed by atoms with van der Waals surface area (Å²) in [6, 6.07) is 10.8. The molecule has 1 atom stereocenters. The second-order valence-electron chi connectivity index (χ2n) is 3.85. The molecule has 1 aromatic carbocycles. The Hall–Kier alpha value is -2.14. The number of rotatable bonds is 5. The molecule has 1 aromatic heterocycles. The standard InChI is InChI=1S/C13H14N2O3/c16-11(10-4-2-1-3-5-10)6-8-14-13(17)12-7-9-15-18-12/h1-5,7,9,11,16H,6,8H2,(H,14,17). The maximum Gasteiger partial charge on any atom is 0.289 e. The lowest BCUT2D eigenvalue weighted by Gasteiger charge is -2.10. The lowest BCUT2D eigenvalue weighted by Crippen LogP contribution is -2.25. The van der Waals surface area contributed by atoms with Gasteiger partial charge < -0.3 is 14.9 Å². The number of nitrogens with zero attached hydrogens (tertiary/aromatic N) is 1. The third kappa shape index (κ3) is 3.18. The van der Waals surface area contributed by atoms with Gasteiger partial charge in [-0.15, -0.1) is 0 Å². The number of amides is 1. The summed E-state index contributed by atoms with van der Waals surface area (Å²) in [5.74, 6) is -0.156. The molecule has 2 rings (SSSR count). The zero-order valence-electron chi connectivity index (χ0n) is 9.74. The van der Waals surface area contributed by atoms with Gasteiger partial charge in [-0.3, -0.25) is 4.79 Å². The van der Waals surface area contributed by atoms with E-state index in [0.29, 0.717) is 13.0 Å². The van der Waals surface area contributed by atoms with Crippen molar-refractivity contribution in [1.29, 1.82) is 0 Å². The molecule has 2 N–H and O–H groups in total. The Morgan fingerprint density at radius 1 is 1.33 bits per heavy atom. The van der Waals surface area contributed by atoms with Crippen LogP contribution in [0.5, 0.6) is 0 Å². The number of nitrogens with one attached hydrogen (secondary N) is 1. The second-order valence-corrected chi connectivity index (χ2v) is 3.85. The Morgan fingerprint density at radius 2 is 2.11 bits per heavy atom. The highest BCUT2D eigenvalue weighted by atomic mass is 16.5. The number of hydrogen-bond acceptors (Lipinski definition) is 4. The van der Waals surface area contributed by atoms with E-state index in [4.69, 9.17) is 4.52 Å². The summed E-state index contributed by atoms with van der Waals surface area (Å²) in [4.78, 5) is 11.5. The Kier molecular flexibility index (Phi) is 4.09. The van der Waals surface area contributed by atoms with Crippen LogP contribution in [0.3, 0.4) is 0 Å². The normalized spacial score (nSPS) is 12.1. The van der Waals surface area contributed by atoms with Crippen LogP contribution in [0.15, 0.2) is 47.1 Å². The maximum absolute atomic E-state index is 11.5. The molecule has 0 aliphatic rings. The van der Waals surface area contributed by atoms with Gasteiger partial charge in [0.2, 0.25) is 5.76 Å². The third-order valence-electron chi connectivity index (χ3n) is 2.55. The van der Waals surface area contributed by atoms with Crippen LogP contribution >= 0.6 is 0 Å². The summed E-state index contributed by atoms with van der Waals surface area (Å²) in [5, 5.41) is 16.0. The molecule has 5 nitrogen and oxygen atoms in total. The molecule has 0 aliphatic carbocycles. The molecular weight excluding hydrogens is 232 g/mol. The summed E-state index contributed by atoms with van der Waals surface area (Å²) in [6.45, 7) is 0.371. The summed E-state index contributed by atoms with van der Waals surface area (Å²) >= 11 is 0. The van der Waals surface area contributed by atoms with Gasteiger partial charge in [0.05, 0.1) is 12.3 Å². The zero-order valence-corrected chi connectivity index (χ0v) is 9.74. The van der Waals surface area contributed by atoms with Crippen LogP contribution in [0, 0.1) is 0 Å². The first-order chi connectivity index (χ1) is 8.77. The fourth-order valence-electron chi connectivity index (χ4n) is 1.58. The van der Waals surface area contributed by atoms with Crippen LogP contribution < -0.4 is 5.32 Å². The van der Waals surface area contributed by atoms with Crippen LogP contribution in [-0.4, -0.2) is 22.7 Å². The molecule has 0 bridgehead atoms. The molecule has 0 saturated heterocycles. The number of carbonyl (C=O) groups excluding carboxylic acids is 1. The molecule has 0 radical (unpaired) electrons. The molecule has 1 amide bonds. The molecule has 0 fully saturated rings. The van der Waals surface area contributed by atoms with Gasteiger partial charge in [0.25, 0.3) is 5.91 Å². The topological polar surface area (TPSA) is 75.4 Å². The molecule has 1 unspecified atom stereocenters. The van der Waals surface area contributed by atoms with Gasteiger partial charge in [-0.25, -0.2) is 0 Å². The molecule has 94 valence electrons. The Morgan fingerprint density at radius 3 is 2.78 bits per heavy atom. The van der Waals surface area contributed by atoms with E-state index >= 15 is 0 Å². The zero-order chi connectivity index (χ0) is 12.8. The van der Waals surface area contributed by atoms with Crippen molar-refractivity contribution in [2.24, 2.45) is 0 Å². The highest BCUT2D eigenvalue weighted by Gasteiger charge is 2.11.